The van der Waals surface area contributed by atoms with Gasteiger partial charge in [0.1, 0.15) is 0 Å². The molecule has 116 valence electrons. The number of hydrogen-bond donors (Lipinski definition) is 0. The Morgan fingerprint density at radius 1 is 1.32 bits per heavy atom. The molecule has 1 aromatic heterocycles. The van der Waals surface area contributed by atoms with Crippen LogP contribution in [0.3, 0.4) is 0 Å². The van der Waals surface area contributed by atoms with Crippen LogP contribution in [0, 0.1) is 0 Å². The summed E-state index contributed by atoms with van der Waals surface area (Å²) in [6.45, 7) is 3.16. The molecule has 0 saturated heterocycles. The highest BCUT2D eigenvalue weighted by Gasteiger charge is 2.21. The van der Waals surface area contributed by atoms with Crippen LogP contribution in [0.1, 0.15) is 24.2 Å². The molecule has 0 saturated carbocycles. The van der Waals surface area contributed by atoms with Crippen molar-refractivity contribution in [1.82, 2.24) is 9.88 Å². The summed E-state index contributed by atoms with van der Waals surface area (Å²) in [5, 5.41) is 0. The maximum absolute atomic E-state index is 5.48. The third-order valence-electron chi connectivity index (χ3n) is 3.93. The van der Waals surface area contributed by atoms with Crippen molar-refractivity contribution in [3.63, 3.8) is 0 Å². The highest BCUT2D eigenvalue weighted by atomic mass is 16.7. The largest absolute Gasteiger partial charge is 0.493 e. The average molecular weight is 300 g/mol. The maximum atomic E-state index is 5.48. The van der Waals surface area contributed by atoms with E-state index < -0.39 is 0 Å². The molecule has 0 radical (unpaired) electrons. The van der Waals surface area contributed by atoms with Gasteiger partial charge in [0.2, 0.25) is 12.5 Å². The van der Waals surface area contributed by atoms with Gasteiger partial charge in [0.15, 0.2) is 11.5 Å². The summed E-state index contributed by atoms with van der Waals surface area (Å²) >= 11 is 0. The second-order valence-electron chi connectivity index (χ2n) is 5.38. The van der Waals surface area contributed by atoms with Gasteiger partial charge < -0.3 is 14.2 Å². The molecule has 0 N–H and O–H groups in total. The molecule has 3 rings (SSSR count). The zero-order valence-electron chi connectivity index (χ0n) is 13.1. The van der Waals surface area contributed by atoms with E-state index in [9.17, 15) is 0 Å². The van der Waals surface area contributed by atoms with Gasteiger partial charge in [-0.05, 0) is 43.8 Å². The van der Waals surface area contributed by atoms with Crippen molar-refractivity contribution >= 4 is 0 Å². The predicted octanol–water partition coefficient (Wildman–Crippen LogP) is 3.01. The van der Waals surface area contributed by atoms with Gasteiger partial charge in [-0.15, -0.1) is 0 Å². The van der Waals surface area contributed by atoms with Crippen LogP contribution < -0.4 is 14.2 Å². The van der Waals surface area contributed by atoms with E-state index in [1.165, 1.54) is 0 Å². The molecule has 1 aromatic carbocycles. The highest BCUT2D eigenvalue weighted by molar-refractivity contribution is 5.55. The lowest BCUT2D eigenvalue weighted by molar-refractivity contribution is 0.171. The number of ether oxygens (including phenoxy) is 3. The molecular weight excluding hydrogens is 280 g/mol. The molecule has 0 fully saturated rings. The van der Waals surface area contributed by atoms with Crippen molar-refractivity contribution in [1.29, 1.82) is 0 Å². The molecule has 1 aliphatic rings. The Hall–Kier alpha value is -2.27. The number of nitrogens with zero attached hydrogens (tertiary/aromatic N) is 2. The summed E-state index contributed by atoms with van der Waals surface area (Å²) in [5.74, 6) is 2.14. The number of methoxy groups -OCH3 is 1. The topological polar surface area (TPSA) is 43.8 Å². The predicted molar refractivity (Wildman–Crippen MR) is 83.2 cm³/mol. The minimum Gasteiger partial charge on any atom is -0.493 e. The number of rotatable bonds is 5. The molecule has 1 aliphatic heterocycles. The summed E-state index contributed by atoms with van der Waals surface area (Å²) in [6, 6.07) is 10.2. The van der Waals surface area contributed by atoms with Crippen LogP contribution in [0.5, 0.6) is 17.2 Å². The van der Waals surface area contributed by atoms with Gasteiger partial charge in [-0.25, -0.2) is 0 Å². The SMILES string of the molecule is COc1cc(CN(C)[C@H](C)c2ccccn2)cc2c1OCO2. The van der Waals surface area contributed by atoms with Gasteiger partial charge in [0, 0.05) is 18.8 Å². The number of aromatic nitrogens is 1. The van der Waals surface area contributed by atoms with Crippen molar-refractivity contribution < 1.29 is 14.2 Å². The minimum atomic E-state index is 0.220. The van der Waals surface area contributed by atoms with Crippen molar-refractivity contribution in [2.45, 2.75) is 19.5 Å². The fourth-order valence-corrected chi connectivity index (χ4v) is 2.55. The summed E-state index contributed by atoms with van der Waals surface area (Å²) in [6.07, 6.45) is 1.82. The smallest absolute Gasteiger partial charge is 0.231 e. The third-order valence-corrected chi connectivity index (χ3v) is 3.93. The lowest BCUT2D eigenvalue weighted by atomic mass is 10.1. The van der Waals surface area contributed by atoms with Gasteiger partial charge in [-0.1, -0.05) is 6.07 Å². The van der Waals surface area contributed by atoms with Gasteiger partial charge in [-0.3, -0.25) is 9.88 Å². The first-order valence-electron chi connectivity index (χ1n) is 7.26. The van der Waals surface area contributed by atoms with Gasteiger partial charge in [0.25, 0.3) is 0 Å². The molecule has 0 unspecified atom stereocenters. The fourth-order valence-electron chi connectivity index (χ4n) is 2.55. The second kappa shape index (κ2) is 6.23. The van der Waals surface area contributed by atoms with E-state index >= 15 is 0 Å². The van der Waals surface area contributed by atoms with Crippen molar-refractivity contribution in [3.8, 4) is 17.2 Å². The summed E-state index contributed by atoms with van der Waals surface area (Å²) in [5.41, 5.74) is 2.17. The summed E-state index contributed by atoms with van der Waals surface area (Å²) < 4.78 is 16.3. The van der Waals surface area contributed by atoms with E-state index in [2.05, 4.69) is 23.9 Å². The Bertz CT molecular complexity index is 646. The molecule has 5 heteroatoms. The molecule has 2 heterocycles. The number of pyridine rings is 1. The van der Waals surface area contributed by atoms with Crippen LogP contribution in [0.4, 0.5) is 0 Å². The molecule has 0 spiro atoms. The van der Waals surface area contributed by atoms with Gasteiger partial charge in [0.05, 0.1) is 12.8 Å². The summed E-state index contributed by atoms with van der Waals surface area (Å²) in [4.78, 5) is 6.66. The third kappa shape index (κ3) is 2.85. The van der Waals surface area contributed by atoms with Crippen molar-refractivity contribution in [3.05, 3.63) is 47.8 Å². The maximum Gasteiger partial charge on any atom is 0.231 e. The number of hydrogen-bond acceptors (Lipinski definition) is 5. The quantitative estimate of drug-likeness (QED) is 0.849. The van der Waals surface area contributed by atoms with Crippen LogP contribution >= 0.6 is 0 Å². The molecule has 2 aromatic rings. The standard InChI is InChI=1S/C17H20N2O3/c1-12(14-6-4-5-7-18-14)19(2)10-13-8-15(20-3)17-16(9-13)21-11-22-17/h4-9,12H,10-11H2,1-3H3/t12-/m1/s1. The van der Waals surface area contributed by atoms with E-state index in [4.69, 9.17) is 14.2 Å². The molecule has 22 heavy (non-hydrogen) atoms. The van der Waals surface area contributed by atoms with Crippen LogP contribution in [0.15, 0.2) is 36.5 Å². The Balaban J connectivity index is 1.78. The first-order chi connectivity index (χ1) is 10.7. The Morgan fingerprint density at radius 3 is 2.91 bits per heavy atom. The number of fused-ring (bicyclic) bond motifs is 1. The molecule has 0 amide bonds. The zero-order chi connectivity index (χ0) is 15.5. The minimum absolute atomic E-state index is 0.220. The molecule has 0 bridgehead atoms. The van der Waals surface area contributed by atoms with E-state index in [-0.39, 0.29) is 12.8 Å². The molecular formula is C17H20N2O3. The normalized spacial score (nSPS) is 14.2. The average Bonchev–Trinajstić information content (AvgIpc) is 3.02. The number of benzene rings is 1. The molecule has 0 aliphatic carbocycles. The lowest BCUT2D eigenvalue weighted by Gasteiger charge is -2.24. The van der Waals surface area contributed by atoms with E-state index in [0.29, 0.717) is 11.5 Å². The molecule has 1 atom stereocenters. The van der Waals surface area contributed by atoms with E-state index in [1.54, 1.807) is 7.11 Å². The second-order valence-corrected chi connectivity index (χ2v) is 5.38. The van der Waals surface area contributed by atoms with Crippen LogP contribution in [-0.2, 0) is 6.54 Å². The van der Waals surface area contributed by atoms with E-state index in [1.807, 2.05) is 36.5 Å². The van der Waals surface area contributed by atoms with Gasteiger partial charge in [-0.2, -0.15) is 0 Å². The Kier molecular flexibility index (Phi) is 4.15. The van der Waals surface area contributed by atoms with Crippen LogP contribution in [0.25, 0.3) is 0 Å². The fraction of sp³-hybridized carbons (Fsp3) is 0.353. The summed E-state index contributed by atoms with van der Waals surface area (Å²) in [7, 11) is 3.72. The lowest BCUT2D eigenvalue weighted by Crippen LogP contribution is -2.22. The monoisotopic (exact) mass is 300 g/mol. The van der Waals surface area contributed by atoms with Crippen molar-refractivity contribution in [2.75, 3.05) is 21.0 Å². The van der Waals surface area contributed by atoms with Crippen molar-refractivity contribution in [2.24, 2.45) is 0 Å². The zero-order valence-corrected chi connectivity index (χ0v) is 13.1. The van der Waals surface area contributed by atoms with Crippen LogP contribution in [0.2, 0.25) is 0 Å². The Morgan fingerprint density at radius 2 is 2.18 bits per heavy atom. The van der Waals surface area contributed by atoms with Crippen LogP contribution in [-0.4, -0.2) is 30.8 Å². The first-order valence-corrected chi connectivity index (χ1v) is 7.26. The van der Waals surface area contributed by atoms with E-state index in [0.717, 1.165) is 23.6 Å². The van der Waals surface area contributed by atoms with Gasteiger partial charge >= 0.3 is 0 Å². The first kappa shape index (κ1) is 14.7. The highest BCUT2D eigenvalue weighted by Crippen LogP contribution is 2.42. The Labute approximate surface area is 130 Å². The molecule has 5 nitrogen and oxygen atoms in total.